The van der Waals surface area contributed by atoms with E-state index in [1.165, 1.54) is 11.1 Å². The Morgan fingerprint density at radius 2 is 0.848 bits per heavy atom. The van der Waals surface area contributed by atoms with E-state index in [9.17, 15) is 9.59 Å². The second-order valence-corrected chi connectivity index (χ2v) is 21.0. The normalized spacial score (nSPS) is 10.3. The number of hydrogen-bond donors (Lipinski definition) is 2. The zero-order valence-electron chi connectivity index (χ0n) is 44.6. The molecule has 14 nitrogen and oxygen atoms in total. The molecule has 0 bridgehead atoms. The Morgan fingerprint density at radius 3 is 1.15 bits per heavy atom. The summed E-state index contributed by atoms with van der Waals surface area (Å²) in [7, 11) is 3.95. The van der Waals surface area contributed by atoms with E-state index in [0.717, 1.165) is 63.3 Å². The third-order valence-corrected chi connectivity index (χ3v) is 12.3. The average molecular weight is 1190 g/mol. The maximum Gasteiger partial charge on any atom is 0.373 e. The lowest BCUT2D eigenvalue weighted by atomic mass is 9.92. The van der Waals surface area contributed by atoms with Gasteiger partial charge in [-0.1, -0.05) is 103 Å². The molecule has 0 aliphatic carbocycles. The number of aromatic nitrogens is 4. The number of carbonyl (C=O) groups is 2. The fourth-order valence-electron chi connectivity index (χ4n) is 7.51. The minimum Gasteiger partial charge on any atom is -0.352 e. The van der Waals surface area contributed by atoms with Crippen LogP contribution in [0.5, 0.6) is 0 Å². The molecule has 8 rings (SSSR count). The number of alkyl halides is 2. The highest BCUT2D eigenvalue weighted by Gasteiger charge is 2.20. The van der Waals surface area contributed by atoms with Gasteiger partial charge in [0.05, 0.1) is 28.1 Å². The van der Waals surface area contributed by atoms with E-state index < -0.39 is 0 Å². The lowest BCUT2D eigenvalue weighted by Crippen LogP contribution is -2.27. The maximum absolute atomic E-state index is 12.6. The number of rotatable bonds is 13. The van der Waals surface area contributed by atoms with Gasteiger partial charge in [-0.15, -0.1) is 23.2 Å². The number of halogens is 6. The van der Waals surface area contributed by atoms with Gasteiger partial charge in [0.15, 0.2) is 0 Å². The Balaban J connectivity index is 0.000000297. The number of nitrogens with zero attached hydrogens (tertiary/aromatic N) is 6. The molecule has 0 aliphatic heterocycles. The largest absolute Gasteiger partial charge is 0.373 e. The molecule has 0 unspecified atom stereocenters. The topological polar surface area (TPSA) is 169 Å². The monoisotopic (exact) mass is 1180 g/mol. The van der Waals surface area contributed by atoms with Crippen LogP contribution in [0.1, 0.15) is 66.0 Å². The molecule has 2 amide bonds. The molecular weight excluding hydrogens is 1130 g/mol. The maximum atomic E-state index is 12.6. The van der Waals surface area contributed by atoms with Crippen LogP contribution in [-0.2, 0) is 19.2 Å². The lowest BCUT2D eigenvalue weighted by molar-refractivity contribution is -0.193. The van der Waals surface area contributed by atoms with Gasteiger partial charge in [-0.25, -0.2) is 9.36 Å². The van der Waals surface area contributed by atoms with Gasteiger partial charge in [-0.05, 0) is 142 Å². The van der Waals surface area contributed by atoms with Crippen LogP contribution in [0.4, 0.5) is 23.0 Å². The molecule has 2 aromatic heterocycles. The van der Waals surface area contributed by atoms with E-state index in [-0.39, 0.29) is 34.9 Å². The lowest BCUT2D eigenvalue weighted by Gasteiger charge is -2.21. The summed E-state index contributed by atoms with van der Waals surface area (Å²) in [6.07, 6.45) is 1.42. The fraction of sp³-hybridized carbons (Fsp3) is 0.220. The summed E-state index contributed by atoms with van der Waals surface area (Å²) < 4.78 is 3.79. The highest BCUT2D eigenvalue weighted by molar-refractivity contribution is 6.40. The van der Waals surface area contributed by atoms with Crippen molar-refractivity contribution in [3.8, 4) is 33.9 Å². The summed E-state index contributed by atoms with van der Waals surface area (Å²) in [5.41, 5.74) is 10.7. The highest BCUT2D eigenvalue weighted by Crippen LogP contribution is 2.35. The number of hydrogen-bond acceptors (Lipinski definition) is 10. The molecule has 0 aliphatic rings. The van der Waals surface area contributed by atoms with Crippen LogP contribution >= 0.6 is 69.6 Å². The molecule has 0 radical (unpaired) electrons. The second-order valence-electron chi connectivity index (χ2n) is 18.5. The number of aryl methyl sites for hydroxylation is 2. The van der Waals surface area contributed by atoms with Gasteiger partial charge >= 0.3 is 12.3 Å². The summed E-state index contributed by atoms with van der Waals surface area (Å²) >= 11 is 34.6. The van der Waals surface area contributed by atoms with Crippen molar-refractivity contribution in [1.29, 1.82) is 0 Å². The predicted molar refractivity (Wildman–Crippen MR) is 318 cm³/mol. The number of benzene rings is 6. The van der Waals surface area contributed by atoms with Crippen molar-refractivity contribution in [3.05, 3.63) is 188 Å². The Kier molecular flexibility index (Phi) is 25.6. The number of amides is 2. The van der Waals surface area contributed by atoms with E-state index in [1.54, 1.807) is 12.1 Å². The Bertz CT molecular complexity index is 3280. The summed E-state index contributed by atoms with van der Waals surface area (Å²) in [5, 5.41) is 18.0. The molecule has 2 N–H and O–H groups in total. The van der Waals surface area contributed by atoms with Crippen molar-refractivity contribution in [1.82, 2.24) is 30.2 Å². The van der Waals surface area contributed by atoms with Gasteiger partial charge in [0.25, 0.3) is 11.8 Å². The zero-order valence-corrected chi connectivity index (χ0v) is 49.1. The first-order chi connectivity index (χ1) is 37.6. The molecule has 0 saturated carbocycles. The summed E-state index contributed by atoms with van der Waals surface area (Å²) in [5.74, 6) is 1.56. The van der Waals surface area contributed by atoms with Crippen molar-refractivity contribution in [2.45, 2.75) is 48.0 Å². The fourth-order valence-corrected chi connectivity index (χ4v) is 8.56. The summed E-state index contributed by atoms with van der Waals surface area (Å²) in [6, 6.07) is 46.3. The Labute approximate surface area is 490 Å². The van der Waals surface area contributed by atoms with Crippen molar-refractivity contribution in [3.63, 3.8) is 0 Å². The summed E-state index contributed by atoms with van der Waals surface area (Å²) in [4.78, 5) is 61.3. The molecule has 0 fully saturated rings. The van der Waals surface area contributed by atoms with Gasteiger partial charge in [-0.2, -0.15) is 29.4 Å². The minimum absolute atomic E-state index is 0.0664. The van der Waals surface area contributed by atoms with Gasteiger partial charge in [0.2, 0.25) is 0 Å². The van der Waals surface area contributed by atoms with Crippen molar-refractivity contribution in [2.75, 3.05) is 42.3 Å². The van der Waals surface area contributed by atoms with Crippen molar-refractivity contribution >= 4 is 117 Å². The Morgan fingerprint density at radius 1 is 0.532 bits per heavy atom. The molecule has 412 valence electrons. The molecular formula is C59H58Cl6N8O6. The number of anilines is 4. The van der Waals surface area contributed by atoms with E-state index in [4.69, 9.17) is 99.0 Å². The molecule has 79 heavy (non-hydrogen) atoms. The van der Waals surface area contributed by atoms with Gasteiger partial charge in [0.1, 0.15) is 11.6 Å². The van der Waals surface area contributed by atoms with Crippen LogP contribution in [0, 0.1) is 19.3 Å². The van der Waals surface area contributed by atoms with Gasteiger partial charge in [-0.3, -0.25) is 9.59 Å². The molecule has 2 heterocycles. The van der Waals surface area contributed by atoms with Gasteiger partial charge < -0.3 is 20.4 Å². The summed E-state index contributed by atoms with van der Waals surface area (Å²) in [6.45, 7) is 13.7. The minimum atomic E-state index is -0.0866. The first-order valence-electron chi connectivity index (χ1n) is 24.2. The van der Waals surface area contributed by atoms with Crippen LogP contribution in [0.15, 0.2) is 146 Å². The van der Waals surface area contributed by atoms with Crippen LogP contribution in [0.25, 0.3) is 33.9 Å². The number of nitrogens with one attached hydrogen (secondary N) is 2. The molecule has 0 spiro atoms. The Hall–Kier alpha value is -7.22. The first kappa shape index (κ1) is 64.3. The van der Waals surface area contributed by atoms with Crippen LogP contribution in [-0.4, -0.2) is 76.2 Å². The number of carbonyl (C=O) groups excluding carboxylic acids is 6. The van der Waals surface area contributed by atoms with Crippen LogP contribution in [0.2, 0.25) is 20.1 Å². The van der Waals surface area contributed by atoms with E-state index in [0.29, 0.717) is 44.3 Å². The van der Waals surface area contributed by atoms with E-state index >= 15 is 0 Å². The quantitative estimate of drug-likeness (QED) is 0.106. The van der Waals surface area contributed by atoms with Crippen LogP contribution in [0.3, 0.4) is 0 Å². The van der Waals surface area contributed by atoms with Crippen molar-refractivity contribution in [2.24, 2.45) is 5.41 Å². The zero-order chi connectivity index (χ0) is 58.4. The SMILES string of the molecule is CCNC(=O)c1ccc(N(C)c2cc(-c3cc(Cl)cc(Cl)c3)nn2-c2ccc(C)cc2)cc1.Cc1ccc(-n2nc(-c3cc(Cl)cc(Cl)c3)cc2N(C)c2ccc(C(=O)NCCC(C)(C)C)cc2)cc1.ClCCl.O=C=O.O=C=O. The highest BCUT2D eigenvalue weighted by atomic mass is 35.5. The molecule has 0 saturated heterocycles. The standard InChI is InChI=1S/C30H32Cl2N4O.C26H24Cl2N4O.CH2Cl2.2CO2/c1-20-6-10-26(11-7-20)36-28(19-27(34-36)22-16-23(31)18-24(32)17-22)35(5)25-12-8-21(9-13-25)29(37)33-15-14-30(2,3)4;1-4-29-26(33)18-7-11-22(12-8-18)31(3)25-16-24(19-13-20(27)15-21(28)14-19)30-32(25)23-9-5-17(2)6-10-23;3*2-1-3/h6-13,16-19H,14-15H2,1-5H3,(H,33,37);5-16H,4H2,1-3H3,(H,29,33);1H2;;. The molecule has 20 heteroatoms. The second kappa shape index (κ2) is 31.4. The van der Waals surface area contributed by atoms with E-state index in [1.807, 2.05) is 149 Å². The molecule has 0 atom stereocenters. The first-order valence-corrected chi connectivity index (χ1v) is 26.8. The third-order valence-electron chi connectivity index (χ3n) is 11.5. The van der Waals surface area contributed by atoms with E-state index in [2.05, 4.69) is 69.5 Å². The third kappa shape index (κ3) is 19.6. The van der Waals surface area contributed by atoms with Crippen molar-refractivity contribution < 1.29 is 28.8 Å². The predicted octanol–water partition coefficient (Wildman–Crippen LogP) is 15.0. The average Bonchev–Trinajstić information content (AvgIpc) is 4.18. The molecule has 6 aromatic carbocycles. The smallest absolute Gasteiger partial charge is 0.352 e. The van der Waals surface area contributed by atoms with Crippen LogP contribution < -0.4 is 20.4 Å². The molecule has 8 aromatic rings. The van der Waals surface area contributed by atoms with Gasteiger partial charge in [0, 0.05) is 93.0 Å².